The number of aromatic hydroxyl groups is 2. The van der Waals surface area contributed by atoms with Crippen LogP contribution < -0.4 is 0 Å². The molecule has 8 heteroatoms. The number of benzene rings is 1. The Morgan fingerprint density at radius 2 is 1.85 bits per heavy atom. The molecule has 1 aromatic heterocycles. The van der Waals surface area contributed by atoms with Gasteiger partial charge in [0.1, 0.15) is 11.2 Å². The minimum absolute atomic E-state index is 0.101. The minimum atomic E-state index is -4.74. The summed E-state index contributed by atoms with van der Waals surface area (Å²) in [6, 6.07) is 3.01. The van der Waals surface area contributed by atoms with E-state index in [1.807, 2.05) is 0 Å². The van der Waals surface area contributed by atoms with Crippen LogP contribution >= 0.6 is 0 Å². The molecule has 3 heterocycles. The Balaban J connectivity index is 1.99. The van der Waals surface area contributed by atoms with Gasteiger partial charge in [-0.3, -0.25) is 4.57 Å². The van der Waals surface area contributed by atoms with Crippen LogP contribution in [0.3, 0.4) is 0 Å². The van der Waals surface area contributed by atoms with Crippen LogP contribution in [-0.2, 0) is 22.1 Å². The van der Waals surface area contributed by atoms with Gasteiger partial charge in [-0.05, 0) is 31.6 Å². The fourth-order valence-electron chi connectivity index (χ4n) is 4.23. The van der Waals surface area contributed by atoms with E-state index in [0.29, 0.717) is 23.1 Å². The number of alkyl halides is 3. The fraction of sp³-hybridized carbons (Fsp3) is 0.316. The van der Waals surface area contributed by atoms with Gasteiger partial charge in [0.25, 0.3) is 0 Å². The lowest BCUT2D eigenvalue weighted by atomic mass is 9.77. The Hall–Kier alpha value is -2.92. The molecule has 0 spiro atoms. The first-order valence-corrected chi connectivity index (χ1v) is 8.09. The van der Waals surface area contributed by atoms with Crippen molar-refractivity contribution in [2.75, 3.05) is 0 Å². The van der Waals surface area contributed by atoms with Gasteiger partial charge in [-0.15, -0.1) is 0 Å². The summed E-state index contributed by atoms with van der Waals surface area (Å²) < 4.78 is 46.8. The zero-order valence-electron chi connectivity index (χ0n) is 14.5. The molecule has 0 amide bonds. The van der Waals surface area contributed by atoms with Gasteiger partial charge >= 0.3 is 6.18 Å². The zero-order valence-corrected chi connectivity index (χ0v) is 14.5. The van der Waals surface area contributed by atoms with E-state index in [0.717, 1.165) is 16.7 Å². The lowest BCUT2D eigenvalue weighted by molar-refractivity contribution is -0.136. The maximum atomic E-state index is 13.3. The van der Waals surface area contributed by atoms with Gasteiger partial charge in [0.2, 0.25) is 11.8 Å². The van der Waals surface area contributed by atoms with Crippen LogP contribution in [0.4, 0.5) is 18.9 Å². The average molecular weight is 376 g/mol. The van der Waals surface area contributed by atoms with E-state index in [1.165, 1.54) is 6.07 Å². The molecule has 1 fully saturated rings. The van der Waals surface area contributed by atoms with E-state index >= 15 is 0 Å². The summed E-state index contributed by atoms with van der Waals surface area (Å²) in [5.41, 5.74) is -2.37. The second kappa shape index (κ2) is 4.87. The number of hydrogen-bond donors (Lipinski definition) is 2. The van der Waals surface area contributed by atoms with Gasteiger partial charge < -0.3 is 14.9 Å². The van der Waals surface area contributed by atoms with Crippen molar-refractivity contribution in [3.63, 3.8) is 0 Å². The highest BCUT2D eigenvalue weighted by Crippen LogP contribution is 2.65. The van der Waals surface area contributed by atoms with Gasteiger partial charge in [-0.2, -0.15) is 13.2 Å². The Labute approximate surface area is 152 Å². The Kier molecular flexibility index (Phi) is 3.15. The number of nitrogens with zero attached hydrogens (tertiary/aromatic N) is 2. The van der Waals surface area contributed by atoms with E-state index in [4.69, 9.17) is 11.3 Å². The summed E-state index contributed by atoms with van der Waals surface area (Å²) >= 11 is 0. The number of hydrogen-bond acceptors (Lipinski definition) is 3. The molecule has 2 bridgehead atoms. The van der Waals surface area contributed by atoms with Gasteiger partial charge in [-0.1, -0.05) is 12.6 Å². The molecular formula is C19H15F3N2O3. The zero-order chi connectivity index (χ0) is 19.9. The number of rotatable bonds is 1. The molecule has 0 radical (unpaired) electrons. The second-order valence-electron chi connectivity index (χ2n) is 7.19. The fourth-order valence-corrected chi connectivity index (χ4v) is 4.23. The first-order chi connectivity index (χ1) is 12.4. The monoisotopic (exact) mass is 376 g/mol. The van der Waals surface area contributed by atoms with E-state index in [1.54, 1.807) is 13.8 Å². The average Bonchev–Trinajstić information content (AvgIpc) is 3.07. The normalized spacial score (nSPS) is 26.3. The molecule has 2 N–H and O–H groups in total. The lowest BCUT2D eigenvalue weighted by Gasteiger charge is -2.22. The number of halogens is 3. The number of aromatic nitrogens is 1. The summed E-state index contributed by atoms with van der Waals surface area (Å²) in [6.07, 6.45) is -4.32. The third-order valence-electron chi connectivity index (χ3n) is 5.45. The number of fused-ring (bicyclic) bond motifs is 5. The van der Waals surface area contributed by atoms with E-state index < -0.39 is 34.5 Å². The Morgan fingerprint density at radius 1 is 1.22 bits per heavy atom. The summed E-state index contributed by atoms with van der Waals surface area (Å²) in [6.45, 7) is 14.3. The van der Waals surface area contributed by atoms with Crippen molar-refractivity contribution >= 4 is 5.69 Å². The SMILES string of the molecule is [C-]#[N+]c1ccc(-n2c(O)c3c(c2O)C2(C)OC3(C)CC2=C)cc1C(F)(F)F. The predicted molar refractivity (Wildman–Crippen MR) is 89.9 cm³/mol. The molecule has 2 unspecified atom stereocenters. The topological polar surface area (TPSA) is 59.0 Å². The van der Waals surface area contributed by atoms with Crippen molar-refractivity contribution < 1.29 is 28.1 Å². The van der Waals surface area contributed by atoms with Crippen LogP contribution in [0.5, 0.6) is 11.8 Å². The first kappa shape index (κ1) is 17.5. The summed E-state index contributed by atoms with van der Waals surface area (Å²) in [4.78, 5) is 2.90. The molecule has 2 atom stereocenters. The molecule has 0 saturated carbocycles. The second-order valence-corrected chi connectivity index (χ2v) is 7.19. The molecule has 1 saturated heterocycles. The van der Waals surface area contributed by atoms with Crippen molar-refractivity contribution in [1.82, 2.24) is 4.57 Å². The molecule has 140 valence electrons. The van der Waals surface area contributed by atoms with Gasteiger partial charge in [0.05, 0.1) is 28.9 Å². The van der Waals surface area contributed by atoms with Gasteiger partial charge in [0.15, 0.2) is 5.69 Å². The van der Waals surface area contributed by atoms with Crippen LogP contribution in [0.15, 0.2) is 30.4 Å². The van der Waals surface area contributed by atoms with Crippen LogP contribution in [0.2, 0.25) is 0 Å². The first-order valence-electron chi connectivity index (χ1n) is 8.09. The molecule has 2 aliphatic heterocycles. The third kappa shape index (κ3) is 2.03. The number of ether oxygens (including phenoxy) is 1. The quantitative estimate of drug-likeness (QED) is 0.551. The van der Waals surface area contributed by atoms with E-state index in [2.05, 4.69) is 11.4 Å². The van der Waals surface area contributed by atoms with Gasteiger partial charge in [-0.25, -0.2) is 4.85 Å². The Morgan fingerprint density at radius 3 is 2.44 bits per heavy atom. The smallest absolute Gasteiger partial charge is 0.407 e. The van der Waals surface area contributed by atoms with E-state index in [-0.39, 0.29) is 11.6 Å². The van der Waals surface area contributed by atoms with Crippen molar-refractivity contribution in [3.05, 3.63) is 58.5 Å². The maximum Gasteiger partial charge on any atom is 0.407 e. The van der Waals surface area contributed by atoms with Crippen molar-refractivity contribution in [2.24, 2.45) is 0 Å². The molecule has 27 heavy (non-hydrogen) atoms. The summed E-state index contributed by atoms with van der Waals surface area (Å²) in [5.74, 6) is -0.789. The molecule has 5 nitrogen and oxygen atoms in total. The Bertz CT molecular complexity index is 1060. The highest BCUT2D eigenvalue weighted by Gasteiger charge is 2.61. The van der Waals surface area contributed by atoms with Crippen LogP contribution in [-0.4, -0.2) is 14.8 Å². The highest BCUT2D eigenvalue weighted by molar-refractivity contribution is 5.66. The van der Waals surface area contributed by atoms with Crippen LogP contribution in [0.25, 0.3) is 10.5 Å². The van der Waals surface area contributed by atoms with Crippen LogP contribution in [0, 0.1) is 6.57 Å². The summed E-state index contributed by atoms with van der Waals surface area (Å²) in [7, 11) is 0. The molecule has 0 aliphatic carbocycles. The minimum Gasteiger partial charge on any atom is -0.494 e. The van der Waals surface area contributed by atoms with Crippen LogP contribution in [0.1, 0.15) is 37.0 Å². The third-order valence-corrected chi connectivity index (χ3v) is 5.45. The predicted octanol–water partition coefficient (Wildman–Crippen LogP) is 4.88. The molecule has 1 aromatic carbocycles. The standard InChI is InChI=1S/C19H15F3N2O3/c1-9-8-17(2)13-14(18(9,3)27-17)16(26)24(15(13)25)10-5-6-12(23-4)11(7-10)19(20,21)22/h5-7,25-26H,1,8H2,2-3H3. The van der Waals surface area contributed by atoms with Crippen molar-refractivity contribution in [1.29, 1.82) is 0 Å². The molecular weight excluding hydrogens is 361 g/mol. The molecule has 2 aromatic rings. The maximum absolute atomic E-state index is 13.3. The largest absolute Gasteiger partial charge is 0.494 e. The van der Waals surface area contributed by atoms with Crippen molar-refractivity contribution in [3.8, 4) is 17.4 Å². The van der Waals surface area contributed by atoms with Crippen molar-refractivity contribution in [2.45, 2.75) is 37.6 Å². The highest BCUT2D eigenvalue weighted by atomic mass is 19.4. The molecule has 4 rings (SSSR count). The molecule has 2 aliphatic rings. The summed E-state index contributed by atoms with van der Waals surface area (Å²) in [5, 5.41) is 21.5. The van der Waals surface area contributed by atoms with E-state index in [9.17, 15) is 23.4 Å². The van der Waals surface area contributed by atoms with Gasteiger partial charge in [0, 0.05) is 6.42 Å². The lowest BCUT2D eigenvalue weighted by Crippen LogP contribution is -2.19.